The second-order valence-electron chi connectivity index (χ2n) is 6.77. The number of nitrogens with zero attached hydrogens (tertiary/aromatic N) is 2. The van der Waals surface area contributed by atoms with Gasteiger partial charge in [0.15, 0.2) is 0 Å². The van der Waals surface area contributed by atoms with E-state index in [2.05, 4.69) is 86.5 Å². The molecule has 2 N–H and O–H groups in total. The van der Waals surface area contributed by atoms with E-state index in [-0.39, 0.29) is 0 Å². The fourth-order valence-corrected chi connectivity index (χ4v) is 2.48. The lowest BCUT2D eigenvalue weighted by atomic mass is 10.2. The maximum Gasteiger partial charge on any atom is 0.129 e. The van der Waals surface area contributed by atoms with Crippen LogP contribution in [-0.2, 0) is 6.42 Å². The molecule has 0 atom stereocenters. The molecule has 0 radical (unpaired) electrons. The number of hydrogen-bond acceptors (Lipinski definition) is 4. The molecule has 0 aromatic carbocycles. The highest BCUT2D eigenvalue weighted by molar-refractivity contribution is 7.80. The fourth-order valence-electron chi connectivity index (χ4n) is 2.48. The summed E-state index contributed by atoms with van der Waals surface area (Å²) in [5.74, 6) is 2.09. The van der Waals surface area contributed by atoms with Crippen LogP contribution in [0.5, 0.6) is 0 Å². The van der Waals surface area contributed by atoms with E-state index in [9.17, 15) is 0 Å². The van der Waals surface area contributed by atoms with Gasteiger partial charge in [0.05, 0.1) is 11.5 Å². The summed E-state index contributed by atoms with van der Waals surface area (Å²) in [4.78, 5) is 4.25. The molecule has 0 saturated heterocycles. The van der Waals surface area contributed by atoms with Gasteiger partial charge in [-0.3, -0.25) is 5.10 Å². The first-order chi connectivity index (χ1) is 14.0. The van der Waals surface area contributed by atoms with E-state index in [1.54, 1.807) is 6.08 Å². The van der Waals surface area contributed by atoms with Crippen LogP contribution in [0.2, 0.25) is 0 Å². The number of aryl methyl sites for hydroxylation is 1. The normalized spacial score (nSPS) is 12.7. The number of thiol groups is 1. The molecule has 0 aliphatic carbocycles. The molecule has 2 aromatic heterocycles. The SMILES string of the molecule is C=CC.CC/C=c1/[nH]nc/c1=C(\C)CC.CCCS.Cc1cnc2c(c1)CCN2. The van der Waals surface area contributed by atoms with Crippen molar-refractivity contribution < 1.29 is 0 Å². The van der Waals surface area contributed by atoms with E-state index in [1.807, 2.05) is 19.3 Å². The van der Waals surface area contributed by atoms with Gasteiger partial charge in [-0.2, -0.15) is 17.7 Å². The Morgan fingerprint density at radius 2 is 1.93 bits per heavy atom. The second-order valence-corrected chi connectivity index (χ2v) is 7.22. The van der Waals surface area contributed by atoms with Crippen LogP contribution in [0.1, 0.15) is 65.0 Å². The lowest BCUT2D eigenvalue weighted by molar-refractivity contribution is 1.05. The summed E-state index contributed by atoms with van der Waals surface area (Å²) in [5, 5.41) is 12.7. The van der Waals surface area contributed by atoms with Crippen LogP contribution in [0.4, 0.5) is 5.82 Å². The largest absolute Gasteiger partial charge is 0.370 e. The Balaban J connectivity index is 0.000000415. The maximum atomic E-state index is 4.25. The molecule has 29 heavy (non-hydrogen) atoms. The number of aromatic amines is 1. The number of allylic oxidation sites excluding steroid dienone is 1. The van der Waals surface area contributed by atoms with E-state index in [0.29, 0.717) is 0 Å². The summed E-state index contributed by atoms with van der Waals surface area (Å²) in [6.07, 6.45) is 12.2. The minimum atomic E-state index is 1.01. The molecule has 0 spiro atoms. The Hall–Kier alpha value is -2.01. The van der Waals surface area contributed by atoms with Gasteiger partial charge in [-0.25, -0.2) is 4.98 Å². The van der Waals surface area contributed by atoms with Crippen molar-refractivity contribution in [1.29, 1.82) is 0 Å². The predicted octanol–water partition coefficient (Wildman–Crippen LogP) is 5.06. The molecule has 2 aromatic rings. The number of H-pyrrole nitrogens is 1. The highest BCUT2D eigenvalue weighted by atomic mass is 32.1. The van der Waals surface area contributed by atoms with Crippen molar-refractivity contribution >= 4 is 30.1 Å². The summed E-state index contributed by atoms with van der Waals surface area (Å²) in [6.45, 7) is 16.9. The standard InChI is InChI=1S/C10H16N2.C8H10N2.C3H8S.C3H6/c1-4-6-10-9(7-11-12-10)8(3)5-2;1-6-4-7-2-3-9-8(7)10-5-6;1-2-3-4;1-3-2/h6-7,12H,4-5H2,1-3H3;4-5H,2-3H2,1H3,(H,9,10);4H,2-3H2,1H3;3H,1H2,2H3/b9-8-,10-6+;;;. The monoisotopic (exact) mass is 416 g/mol. The Morgan fingerprint density at radius 3 is 2.48 bits per heavy atom. The molecular formula is C24H40N4S. The van der Waals surface area contributed by atoms with Crippen LogP contribution < -0.4 is 15.9 Å². The smallest absolute Gasteiger partial charge is 0.129 e. The van der Waals surface area contributed by atoms with Gasteiger partial charge in [-0.15, -0.1) is 6.58 Å². The molecule has 0 unspecified atom stereocenters. The third kappa shape index (κ3) is 10.9. The van der Waals surface area contributed by atoms with Crippen molar-refractivity contribution in [3.05, 3.63) is 52.8 Å². The predicted molar refractivity (Wildman–Crippen MR) is 133 cm³/mol. The van der Waals surface area contributed by atoms with E-state index in [0.717, 1.165) is 42.7 Å². The average Bonchev–Trinajstić information content (AvgIpc) is 3.38. The lowest BCUT2D eigenvalue weighted by Crippen LogP contribution is -2.23. The zero-order valence-corrected chi connectivity index (χ0v) is 20.1. The van der Waals surface area contributed by atoms with Crippen molar-refractivity contribution in [2.24, 2.45) is 0 Å². The number of pyridine rings is 1. The Labute approximate surface area is 183 Å². The molecule has 3 rings (SSSR count). The minimum absolute atomic E-state index is 1.01. The Kier molecular flexibility index (Phi) is 15.7. The van der Waals surface area contributed by atoms with Crippen LogP contribution in [0.15, 0.2) is 31.1 Å². The number of nitrogens with one attached hydrogen (secondary N) is 2. The highest BCUT2D eigenvalue weighted by Gasteiger charge is 2.09. The number of aromatic nitrogens is 3. The van der Waals surface area contributed by atoms with E-state index >= 15 is 0 Å². The summed E-state index contributed by atoms with van der Waals surface area (Å²) in [6, 6.07) is 2.20. The topological polar surface area (TPSA) is 53.6 Å². The van der Waals surface area contributed by atoms with Gasteiger partial charge in [0.1, 0.15) is 5.82 Å². The molecule has 0 fully saturated rings. The minimum Gasteiger partial charge on any atom is -0.370 e. The number of fused-ring (bicyclic) bond motifs is 1. The third-order valence-electron chi connectivity index (χ3n) is 4.08. The van der Waals surface area contributed by atoms with Crippen LogP contribution in [-0.4, -0.2) is 27.5 Å². The van der Waals surface area contributed by atoms with Gasteiger partial charge in [-0.1, -0.05) is 44.6 Å². The van der Waals surface area contributed by atoms with Gasteiger partial charge in [0.2, 0.25) is 0 Å². The summed E-state index contributed by atoms with van der Waals surface area (Å²) in [5.41, 5.74) is 4.01. The molecule has 4 nitrogen and oxygen atoms in total. The first-order valence-corrected chi connectivity index (χ1v) is 11.2. The van der Waals surface area contributed by atoms with Crippen molar-refractivity contribution in [2.45, 2.75) is 67.2 Å². The first-order valence-electron chi connectivity index (χ1n) is 10.5. The van der Waals surface area contributed by atoms with E-state index in [1.165, 1.54) is 28.3 Å². The zero-order valence-electron chi connectivity index (χ0n) is 19.2. The molecule has 0 saturated carbocycles. The number of anilines is 1. The fraction of sp³-hybridized carbons (Fsp3) is 0.500. The molecule has 162 valence electrons. The molecule has 1 aliphatic heterocycles. The van der Waals surface area contributed by atoms with Crippen LogP contribution in [0.25, 0.3) is 11.6 Å². The van der Waals surface area contributed by atoms with Crippen molar-refractivity contribution in [2.75, 3.05) is 17.6 Å². The molecule has 0 amide bonds. The Bertz CT molecular complexity index is 807. The highest BCUT2D eigenvalue weighted by Crippen LogP contribution is 2.18. The van der Waals surface area contributed by atoms with Gasteiger partial charge < -0.3 is 5.32 Å². The van der Waals surface area contributed by atoms with Crippen molar-refractivity contribution in [3.8, 4) is 0 Å². The molecule has 5 heteroatoms. The quantitative estimate of drug-likeness (QED) is 0.484. The Morgan fingerprint density at radius 1 is 1.28 bits per heavy atom. The second kappa shape index (κ2) is 16.9. The first kappa shape index (κ1) is 27.0. The number of rotatable bonds is 3. The van der Waals surface area contributed by atoms with Gasteiger partial charge >= 0.3 is 0 Å². The third-order valence-corrected chi connectivity index (χ3v) is 4.53. The number of hydrogen-bond donors (Lipinski definition) is 3. The van der Waals surface area contributed by atoms with Crippen LogP contribution in [0, 0.1) is 6.92 Å². The molecule has 0 bridgehead atoms. The molecule has 3 heterocycles. The van der Waals surface area contributed by atoms with Gasteiger partial charge in [0.25, 0.3) is 0 Å². The average molecular weight is 417 g/mol. The zero-order chi connectivity index (χ0) is 22.1. The van der Waals surface area contributed by atoms with Gasteiger partial charge in [-0.05, 0) is 63.3 Å². The maximum absolute atomic E-state index is 4.25. The molecule has 1 aliphatic rings. The molecular weight excluding hydrogens is 376 g/mol. The van der Waals surface area contributed by atoms with Gasteiger partial charge in [0, 0.05) is 18.0 Å². The summed E-state index contributed by atoms with van der Waals surface area (Å²) < 4.78 is 0. The van der Waals surface area contributed by atoms with Crippen molar-refractivity contribution in [1.82, 2.24) is 15.2 Å². The lowest BCUT2D eigenvalue weighted by Gasteiger charge is -1.97. The van der Waals surface area contributed by atoms with Crippen molar-refractivity contribution in [3.63, 3.8) is 0 Å². The van der Waals surface area contributed by atoms with E-state index in [4.69, 9.17) is 0 Å². The van der Waals surface area contributed by atoms with Crippen LogP contribution >= 0.6 is 12.6 Å². The van der Waals surface area contributed by atoms with Crippen LogP contribution in [0.3, 0.4) is 0 Å². The summed E-state index contributed by atoms with van der Waals surface area (Å²) in [7, 11) is 0. The van der Waals surface area contributed by atoms with E-state index < -0.39 is 0 Å². The summed E-state index contributed by atoms with van der Waals surface area (Å²) >= 11 is 3.92.